The van der Waals surface area contributed by atoms with Gasteiger partial charge in [0.2, 0.25) is 0 Å². The first-order chi connectivity index (χ1) is 11.4. The lowest BCUT2D eigenvalue weighted by Gasteiger charge is -2.30. The molecule has 0 saturated carbocycles. The van der Waals surface area contributed by atoms with Crippen molar-refractivity contribution in [2.75, 3.05) is 5.32 Å². The molecular formula is C22H26N2. The van der Waals surface area contributed by atoms with E-state index in [1.54, 1.807) is 0 Å². The van der Waals surface area contributed by atoms with E-state index in [9.17, 15) is 0 Å². The molecule has 3 aromatic rings. The number of aryl methyl sites for hydroxylation is 1. The fraction of sp³-hybridized carbons (Fsp3) is 0.318. The molecule has 0 saturated heterocycles. The number of pyridine rings is 1. The van der Waals surface area contributed by atoms with Gasteiger partial charge in [-0.15, -0.1) is 0 Å². The highest BCUT2D eigenvalue weighted by Gasteiger charge is 2.24. The molecule has 1 N–H and O–H groups in total. The van der Waals surface area contributed by atoms with Crippen LogP contribution in [0.15, 0.2) is 54.7 Å². The van der Waals surface area contributed by atoms with Crippen molar-refractivity contribution >= 4 is 16.5 Å². The number of hydrogen-bond acceptors (Lipinski definition) is 2. The summed E-state index contributed by atoms with van der Waals surface area (Å²) in [5.41, 5.74) is 4.66. The van der Waals surface area contributed by atoms with Crippen LogP contribution < -0.4 is 5.32 Å². The third-order valence-electron chi connectivity index (χ3n) is 4.64. The molecule has 3 rings (SSSR count). The highest BCUT2D eigenvalue weighted by molar-refractivity contribution is 5.82. The third-order valence-corrected chi connectivity index (χ3v) is 4.64. The smallest absolute Gasteiger partial charge is 0.0739 e. The van der Waals surface area contributed by atoms with E-state index < -0.39 is 0 Å². The summed E-state index contributed by atoms with van der Waals surface area (Å²) in [6, 6.07) is 17.1. The number of nitrogens with one attached hydrogen (secondary N) is 1. The van der Waals surface area contributed by atoms with E-state index in [2.05, 4.69) is 88.5 Å². The highest BCUT2D eigenvalue weighted by atomic mass is 15.0. The van der Waals surface area contributed by atoms with Crippen LogP contribution in [0, 0.1) is 6.92 Å². The molecule has 0 aliphatic heterocycles. The van der Waals surface area contributed by atoms with Crippen molar-refractivity contribution in [3.05, 3.63) is 71.5 Å². The monoisotopic (exact) mass is 318 g/mol. The number of nitrogens with zero attached hydrogens (tertiary/aromatic N) is 1. The Balaban J connectivity index is 2.01. The molecule has 0 spiro atoms. The molecule has 0 atom stereocenters. The van der Waals surface area contributed by atoms with E-state index in [0.717, 1.165) is 5.69 Å². The van der Waals surface area contributed by atoms with Crippen LogP contribution in [0.25, 0.3) is 10.8 Å². The Labute approximate surface area is 144 Å². The minimum atomic E-state index is -0.250. The molecule has 2 nitrogen and oxygen atoms in total. The largest absolute Gasteiger partial charge is 0.374 e. The van der Waals surface area contributed by atoms with Gasteiger partial charge in [0.1, 0.15) is 0 Å². The second-order valence-corrected chi connectivity index (χ2v) is 7.36. The average Bonchev–Trinajstić information content (AvgIpc) is 2.56. The van der Waals surface area contributed by atoms with E-state index in [-0.39, 0.29) is 5.54 Å². The molecule has 0 unspecified atom stereocenters. The maximum atomic E-state index is 4.72. The van der Waals surface area contributed by atoms with Crippen LogP contribution in [0.3, 0.4) is 0 Å². The molecule has 1 aromatic heterocycles. The summed E-state index contributed by atoms with van der Waals surface area (Å²) in [5, 5.41) is 6.16. The van der Waals surface area contributed by atoms with Gasteiger partial charge in [0.05, 0.1) is 11.2 Å². The molecule has 124 valence electrons. The van der Waals surface area contributed by atoms with Crippen molar-refractivity contribution < 1.29 is 0 Å². The van der Waals surface area contributed by atoms with Crippen molar-refractivity contribution in [3.8, 4) is 0 Å². The van der Waals surface area contributed by atoms with Crippen molar-refractivity contribution in [1.29, 1.82) is 0 Å². The van der Waals surface area contributed by atoms with Gasteiger partial charge in [0.25, 0.3) is 0 Å². The Hall–Kier alpha value is -2.35. The number of rotatable bonds is 4. The zero-order chi connectivity index (χ0) is 17.3. The summed E-state index contributed by atoms with van der Waals surface area (Å²) in [4.78, 5) is 4.72. The van der Waals surface area contributed by atoms with E-state index in [1.807, 2.05) is 6.20 Å². The predicted molar refractivity (Wildman–Crippen MR) is 104 cm³/mol. The number of para-hydroxylation sites is 1. The van der Waals surface area contributed by atoms with Gasteiger partial charge in [0, 0.05) is 17.3 Å². The van der Waals surface area contributed by atoms with Crippen molar-refractivity contribution in [3.63, 3.8) is 0 Å². The van der Waals surface area contributed by atoms with Gasteiger partial charge in [-0.05, 0) is 49.3 Å². The number of fused-ring (bicyclic) bond motifs is 1. The van der Waals surface area contributed by atoms with Crippen LogP contribution in [0.4, 0.5) is 5.69 Å². The van der Waals surface area contributed by atoms with Gasteiger partial charge in [0.15, 0.2) is 0 Å². The van der Waals surface area contributed by atoms with E-state index in [0.29, 0.717) is 5.92 Å². The first-order valence-electron chi connectivity index (χ1n) is 8.61. The molecule has 0 aliphatic rings. The second kappa shape index (κ2) is 6.27. The number of aromatic nitrogens is 1. The maximum Gasteiger partial charge on any atom is 0.0739 e. The Morgan fingerprint density at radius 2 is 1.67 bits per heavy atom. The van der Waals surface area contributed by atoms with Crippen molar-refractivity contribution in [2.24, 2.45) is 0 Å². The van der Waals surface area contributed by atoms with Crippen molar-refractivity contribution in [1.82, 2.24) is 4.98 Å². The lowest BCUT2D eigenvalue weighted by atomic mass is 9.93. The molecule has 0 bridgehead atoms. The highest BCUT2D eigenvalue weighted by Crippen LogP contribution is 2.33. The van der Waals surface area contributed by atoms with Crippen LogP contribution in [-0.4, -0.2) is 4.98 Å². The van der Waals surface area contributed by atoms with Gasteiger partial charge in [-0.25, -0.2) is 0 Å². The fourth-order valence-corrected chi connectivity index (χ4v) is 3.14. The Kier molecular flexibility index (Phi) is 4.31. The quantitative estimate of drug-likeness (QED) is 0.637. The zero-order valence-electron chi connectivity index (χ0n) is 15.2. The maximum absolute atomic E-state index is 4.72. The Morgan fingerprint density at radius 1 is 0.958 bits per heavy atom. The summed E-state index contributed by atoms with van der Waals surface area (Å²) in [6.45, 7) is 11.0. The number of benzene rings is 2. The second-order valence-electron chi connectivity index (χ2n) is 7.36. The SMILES string of the molecule is Cc1cccc(C(C)C)c1NC(C)(C)c1cc2ccccc2cn1. The van der Waals surface area contributed by atoms with Crippen molar-refractivity contribution in [2.45, 2.75) is 46.1 Å². The van der Waals surface area contributed by atoms with Gasteiger partial charge >= 0.3 is 0 Å². The zero-order valence-corrected chi connectivity index (χ0v) is 15.2. The average molecular weight is 318 g/mol. The van der Waals surface area contributed by atoms with Gasteiger partial charge in [-0.1, -0.05) is 56.3 Å². The minimum Gasteiger partial charge on any atom is -0.374 e. The lowest BCUT2D eigenvalue weighted by Crippen LogP contribution is -2.30. The molecule has 2 aromatic carbocycles. The van der Waals surface area contributed by atoms with E-state index in [4.69, 9.17) is 4.98 Å². The fourth-order valence-electron chi connectivity index (χ4n) is 3.14. The third kappa shape index (κ3) is 3.14. The molecule has 24 heavy (non-hydrogen) atoms. The standard InChI is InChI=1S/C22H26N2/c1-15(2)19-12-8-9-16(3)21(19)24-22(4,5)20-13-17-10-6-7-11-18(17)14-23-20/h6-15,24H,1-5H3. The summed E-state index contributed by atoms with van der Waals surface area (Å²) in [6.07, 6.45) is 1.97. The number of hydrogen-bond donors (Lipinski definition) is 1. The molecular weight excluding hydrogens is 292 g/mol. The normalized spacial score (nSPS) is 11.9. The van der Waals surface area contributed by atoms with Crippen LogP contribution in [0.5, 0.6) is 0 Å². The topological polar surface area (TPSA) is 24.9 Å². The first kappa shape index (κ1) is 16.5. The minimum absolute atomic E-state index is 0.250. The van der Waals surface area contributed by atoms with E-state index >= 15 is 0 Å². The van der Waals surface area contributed by atoms with Gasteiger partial charge < -0.3 is 5.32 Å². The lowest BCUT2D eigenvalue weighted by molar-refractivity contribution is 0.586. The Bertz CT molecular complexity index is 863. The first-order valence-corrected chi connectivity index (χ1v) is 8.61. The molecule has 1 heterocycles. The molecule has 0 radical (unpaired) electrons. The summed E-state index contributed by atoms with van der Waals surface area (Å²) >= 11 is 0. The van der Waals surface area contributed by atoms with Gasteiger partial charge in [-0.2, -0.15) is 0 Å². The summed E-state index contributed by atoms with van der Waals surface area (Å²) in [7, 11) is 0. The van der Waals surface area contributed by atoms with Crippen LogP contribution >= 0.6 is 0 Å². The number of anilines is 1. The Morgan fingerprint density at radius 3 is 2.38 bits per heavy atom. The molecule has 0 aliphatic carbocycles. The van der Waals surface area contributed by atoms with E-state index in [1.165, 1.54) is 27.6 Å². The molecule has 0 amide bonds. The molecule has 0 fully saturated rings. The van der Waals surface area contributed by atoms with Crippen LogP contribution in [0.1, 0.15) is 50.4 Å². The van der Waals surface area contributed by atoms with Gasteiger partial charge in [-0.3, -0.25) is 4.98 Å². The summed E-state index contributed by atoms with van der Waals surface area (Å²) in [5.74, 6) is 0.479. The molecule has 2 heteroatoms. The van der Waals surface area contributed by atoms with Crippen LogP contribution in [0.2, 0.25) is 0 Å². The van der Waals surface area contributed by atoms with Crippen LogP contribution in [-0.2, 0) is 5.54 Å². The summed E-state index contributed by atoms with van der Waals surface area (Å²) < 4.78 is 0. The predicted octanol–water partition coefficient (Wildman–Crippen LogP) is 6.01.